The third-order valence-corrected chi connectivity index (χ3v) is 5.79. The number of rotatable bonds is 2. The minimum absolute atomic E-state index is 0.133. The first-order valence-electron chi connectivity index (χ1n) is 6.88. The van der Waals surface area contributed by atoms with Crippen LogP contribution in [0.15, 0.2) is 15.8 Å². The number of aromatic amines is 1. The summed E-state index contributed by atoms with van der Waals surface area (Å²) in [6.45, 7) is 1.74. The van der Waals surface area contributed by atoms with Crippen molar-refractivity contribution < 1.29 is 18.3 Å². The van der Waals surface area contributed by atoms with Gasteiger partial charge in [0, 0.05) is 18.2 Å². The lowest BCUT2D eigenvalue weighted by atomic mass is 10.2. The lowest BCUT2D eigenvalue weighted by Gasteiger charge is -2.33. The second-order valence-electron chi connectivity index (χ2n) is 5.60. The predicted molar refractivity (Wildman–Crippen MR) is 76.7 cm³/mol. The van der Waals surface area contributed by atoms with E-state index in [0.29, 0.717) is 12.0 Å². The molecule has 4 atom stereocenters. The van der Waals surface area contributed by atoms with Gasteiger partial charge < -0.3 is 4.74 Å². The van der Waals surface area contributed by atoms with Crippen molar-refractivity contribution in [2.24, 2.45) is 0 Å². The minimum Gasteiger partial charge on any atom is -0.349 e. The number of ether oxygens (including phenoxy) is 1. The van der Waals surface area contributed by atoms with Crippen molar-refractivity contribution in [2.45, 2.75) is 31.8 Å². The molecule has 2 fully saturated rings. The maximum absolute atomic E-state index is 12.4. The zero-order valence-electron chi connectivity index (χ0n) is 12.5. The van der Waals surface area contributed by atoms with Crippen LogP contribution in [0.3, 0.4) is 0 Å². The van der Waals surface area contributed by atoms with E-state index in [2.05, 4.69) is 4.98 Å². The number of hydrogen-bond acceptors (Lipinski definition) is 6. The highest BCUT2D eigenvalue weighted by Crippen LogP contribution is 2.56. The van der Waals surface area contributed by atoms with Gasteiger partial charge in [0.25, 0.3) is 5.56 Å². The molecule has 2 aliphatic heterocycles. The van der Waals surface area contributed by atoms with Crippen LogP contribution in [0.25, 0.3) is 0 Å². The average Bonchev–Trinajstić information content (AvgIpc) is 2.85. The van der Waals surface area contributed by atoms with Crippen molar-refractivity contribution in [3.05, 3.63) is 32.6 Å². The summed E-state index contributed by atoms with van der Waals surface area (Å²) >= 11 is 0. The molecule has 9 nitrogen and oxygen atoms in total. The van der Waals surface area contributed by atoms with Crippen molar-refractivity contribution in [3.8, 4) is 0 Å². The van der Waals surface area contributed by atoms with Crippen LogP contribution in [0.4, 0.5) is 0 Å². The Balaban J connectivity index is 1.84. The number of aromatic nitrogens is 2. The lowest BCUT2D eigenvalue weighted by Crippen LogP contribution is -2.35. The molecule has 3 rings (SSSR count). The molecule has 10 heteroatoms. The van der Waals surface area contributed by atoms with Gasteiger partial charge in [-0.1, -0.05) is 0 Å². The zero-order valence-corrected chi connectivity index (χ0v) is 13.4. The van der Waals surface area contributed by atoms with Crippen molar-refractivity contribution in [3.63, 3.8) is 0 Å². The molecule has 0 radical (unpaired) electrons. The standard InChI is InChI=1S/C12H18N3O6P/c1-7-5-15(12(17)13-11(7)16)10-4-8-9(20-10)6-19-22(18,21-8)14(2)3/h5,8-10H,4,6H2,1-3H3,(H,13,16,17)/t8-,9+,10+,22+/m0/s1. The summed E-state index contributed by atoms with van der Waals surface area (Å²) in [5.74, 6) is 0. The molecular formula is C12H18N3O6P. The SMILES string of the molecule is Cc1cn([C@H]2C[C@@H]3O[P@@](=O)(N(C)C)OC[C@H]3O2)c(=O)[nH]c1=O. The molecule has 0 saturated carbocycles. The number of H-pyrrole nitrogens is 1. The molecule has 2 aliphatic rings. The van der Waals surface area contributed by atoms with E-state index < -0.39 is 37.4 Å². The molecule has 122 valence electrons. The maximum atomic E-state index is 12.4. The van der Waals surface area contributed by atoms with E-state index >= 15 is 0 Å². The number of hydrogen-bond donors (Lipinski definition) is 1. The van der Waals surface area contributed by atoms with E-state index in [1.165, 1.54) is 15.4 Å². The molecule has 0 bridgehead atoms. The van der Waals surface area contributed by atoms with Crippen LogP contribution in [-0.2, 0) is 18.3 Å². The Bertz CT molecular complexity index is 741. The molecule has 1 aromatic heterocycles. The van der Waals surface area contributed by atoms with Crippen LogP contribution in [-0.4, -0.2) is 47.1 Å². The van der Waals surface area contributed by atoms with Gasteiger partial charge in [0.05, 0.1) is 6.61 Å². The molecule has 0 aliphatic carbocycles. The Morgan fingerprint density at radius 1 is 1.36 bits per heavy atom. The molecular weight excluding hydrogens is 313 g/mol. The fourth-order valence-corrected chi connectivity index (χ4v) is 3.89. The van der Waals surface area contributed by atoms with Crippen LogP contribution in [0.1, 0.15) is 18.2 Å². The van der Waals surface area contributed by atoms with Crippen molar-refractivity contribution >= 4 is 7.75 Å². The second kappa shape index (κ2) is 5.43. The Labute approximate surface area is 126 Å². The highest BCUT2D eigenvalue weighted by Gasteiger charge is 2.48. The summed E-state index contributed by atoms with van der Waals surface area (Å²) in [5.41, 5.74) is -0.557. The highest BCUT2D eigenvalue weighted by molar-refractivity contribution is 7.51. The van der Waals surface area contributed by atoms with Gasteiger partial charge in [-0.05, 0) is 21.0 Å². The maximum Gasteiger partial charge on any atom is 0.408 e. The Morgan fingerprint density at radius 2 is 2.09 bits per heavy atom. The molecule has 0 spiro atoms. The lowest BCUT2D eigenvalue weighted by molar-refractivity contribution is -0.0638. The van der Waals surface area contributed by atoms with Gasteiger partial charge in [-0.2, -0.15) is 0 Å². The first-order chi connectivity index (χ1) is 10.3. The number of nitrogens with zero attached hydrogens (tertiary/aromatic N) is 2. The van der Waals surface area contributed by atoms with Gasteiger partial charge >= 0.3 is 13.4 Å². The molecule has 0 aromatic carbocycles. The van der Waals surface area contributed by atoms with E-state index in [-0.39, 0.29) is 6.61 Å². The molecule has 1 N–H and O–H groups in total. The molecule has 0 amide bonds. The van der Waals surface area contributed by atoms with E-state index in [4.69, 9.17) is 13.8 Å². The van der Waals surface area contributed by atoms with Crippen molar-refractivity contribution in [1.29, 1.82) is 0 Å². The fourth-order valence-electron chi connectivity index (χ4n) is 2.51. The number of aryl methyl sites for hydroxylation is 1. The van der Waals surface area contributed by atoms with Crippen molar-refractivity contribution in [1.82, 2.24) is 14.2 Å². The van der Waals surface area contributed by atoms with E-state index in [0.717, 1.165) is 0 Å². The Morgan fingerprint density at radius 3 is 2.77 bits per heavy atom. The molecule has 22 heavy (non-hydrogen) atoms. The van der Waals surface area contributed by atoms with Gasteiger partial charge in [0.1, 0.15) is 18.4 Å². The first-order valence-corrected chi connectivity index (χ1v) is 8.38. The van der Waals surface area contributed by atoms with Crippen LogP contribution >= 0.6 is 7.75 Å². The summed E-state index contributed by atoms with van der Waals surface area (Å²) in [6, 6.07) is 0. The van der Waals surface area contributed by atoms with Gasteiger partial charge in [-0.25, -0.2) is 14.0 Å². The van der Waals surface area contributed by atoms with E-state index in [9.17, 15) is 14.2 Å². The molecule has 0 unspecified atom stereocenters. The van der Waals surface area contributed by atoms with Gasteiger partial charge in [0.2, 0.25) is 0 Å². The molecule has 1 aromatic rings. The number of nitrogens with one attached hydrogen (secondary N) is 1. The van der Waals surface area contributed by atoms with Gasteiger partial charge in [0.15, 0.2) is 0 Å². The monoisotopic (exact) mass is 331 g/mol. The Hall–Kier alpha value is -1.25. The van der Waals surface area contributed by atoms with E-state index in [1.54, 1.807) is 21.0 Å². The normalized spacial score (nSPS) is 34.8. The smallest absolute Gasteiger partial charge is 0.349 e. The van der Waals surface area contributed by atoms with Crippen LogP contribution in [0, 0.1) is 6.92 Å². The summed E-state index contributed by atoms with van der Waals surface area (Å²) < 4.78 is 31.7. The highest BCUT2D eigenvalue weighted by atomic mass is 31.2. The van der Waals surface area contributed by atoms with Crippen LogP contribution in [0.5, 0.6) is 0 Å². The van der Waals surface area contributed by atoms with Crippen LogP contribution in [0.2, 0.25) is 0 Å². The summed E-state index contributed by atoms with van der Waals surface area (Å²) in [4.78, 5) is 25.6. The van der Waals surface area contributed by atoms with Crippen LogP contribution < -0.4 is 11.2 Å². The van der Waals surface area contributed by atoms with E-state index in [1.807, 2.05) is 0 Å². The quantitative estimate of drug-likeness (QED) is 0.773. The Kier molecular flexibility index (Phi) is 3.86. The fraction of sp³-hybridized carbons (Fsp3) is 0.667. The minimum atomic E-state index is -3.29. The molecule has 3 heterocycles. The summed E-state index contributed by atoms with van der Waals surface area (Å²) in [7, 11) is -0.0640. The van der Waals surface area contributed by atoms with Gasteiger partial charge in [-0.15, -0.1) is 0 Å². The van der Waals surface area contributed by atoms with Crippen molar-refractivity contribution in [2.75, 3.05) is 20.7 Å². The molecule has 2 saturated heterocycles. The second-order valence-corrected chi connectivity index (χ2v) is 7.81. The first kappa shape index (κ1) is 15.6. The third kappa shape index (κ3) is 2.59. The van der Waals surface area contributed by atoms with Gasteiger partial charge in [-0.3, -0.25) is 23.4 Å². The summed E-state index contributed by atoms with van der Waals surface area (Å²) in [5, 5.41) is 0. The summed E-state index contributed by atoms with van der Waals surface area (Å²) in [6.07, 6.45) is 0.403. The number of fused-ring (bicyclic) bond motifs is 1. The zero-order chi connectivity index (χ0) is 16.1. The third-order valence-electron chi connectivity index (χ3n) is 3.80. The largest absolute Gasteiger partial charge is 0.408 e. The topological polar surface area (TPSA) is 103 Å². The average molecular weight is 331 g/mol. The predicted octanol–water partition coefficient (Wildman–Crippen LogP) is 0.218.